The third-order valence-electron chi connectivity index (χ3n) is 2.61. The molecule has 0 aliphatic carbocycles. The Kier molecular flexibility index (Phi) is 2.58. The zero-order chi connectivity index (χ0) is 12.0. The molecule has 1 heterocycles. The van der Waals surface area contributed by atoms with Gasteiger partial charge in [0.15, 0.2) is 5.43 Å². The predicted molar refractivity (Wildman–Crippen MR) is 75.6 cm³/mol. The number of halogens is 2. The van der Waals surface area contributed by atoms with Crippen LogP contribution in [0.1, 0.15) is 0 Å². The van der Waals surface area contributed by atoms with E-state index in [1.807, 2.05) is 18.2 Å². The molecule has 3 aromatic rings. The van der Waals surface area contributed by atoms with Gasteiger partial charge >= 0.3 is 0 Å². The Morgan fingerprint density at radius 3 is 2.65 bits per heavy atom. The summed E-state index contributed by atoms with van der Waals surface area (Å²) in [6.07, 6.45) is 0. The standard InChI is InChI=1S/C13H6Cl2OS/c14-7-4-5-8-11(6-7)17-10-3-1-2-9(15)12(10)13(8)16/h1-6H. The molecule has 1 nitrogen and oxygen atoms in total. The van der Waals surface area contributed by atoms with Gasteiger partial charge in [-0.05, 0) is 30.3 Å². The first-order valence-corrected chi connectivity index (χ1v) is 6.54. The molecule has 4 heteroatoms. The first kappa shape index (κ1) is 11.0. The van der Waals surface area contributed by atoms with Gasteiger partial charge in [0, 0.05) is 19.8 Å². The summed E-state index contributed by atoms with van der Waals surface area (Å²) in [4.78, 5) is 12.3. The third kappa shape index (κ3) is 1.73. The lowest BCUT2D eigenvalue weighted by atomic mass is 10.2. The van der Waals surface area contributed by atoms with Crippen molar-refractivity contribution < 1.29 is 0 Å². The highest BCUT2D eigenvalue weighted by Crippen LogP contribution is 2.29. The molecule has 0 bridgehead atoms. The van der Waals surface area contributed by atoms with Crippen LogP contribution in [0.15, 0.2) is 41.2 Å². The molecule has 0 saturated heterocycles. The quantitative estimate of drug-likeness (QED) is 0.545. The van der Waals surface area contributed by atoms with Crippen molar-refractivity contribution in [2.24, 2.45) is 0 Å². The molecule has 3 rings (SSSR count). The monoisotopic (exact) mass is 280 g/mol. The molecule has 0 amide bonds. The van der Waals surface area contributed by atoms with Crippen molar-refractivity contribution in [3.8, 4) is 0 Å². The molecule has 0 saturated carbocycles. The Labute approximate surface area is 111 Å². The van der Waals surface area contributed by atoms with Crippen LogP contribution in [0.25, 0.3) is 20.2 Å². The molecule has 0 fully saturated rings. The second-order valence-corrected chi connectivity index (χ2v) is 5.61. The number of hydrogen-bond acceptors (Lipinski definition) is 2. The van der Waals surface area contributed by atoms with Crippen LogP contribution < -0.4 is 5.43 Å². The van der Waals surface area contributed by atoms with E-state index in [1.165, 1.54) is 11.3 Å². The summed E-state index contributed by atoms with van der Waals surface area (Å²) >= 11 is 13.5. The van der Waals surface area contributed by atoms with Gasteiger partial charge in [-0.15, -0.1) is 11.3 Å². The van der Waals surface area contributed by atoms with Crippen molar-refractivity contribution in [2.75, 3.05) is 0 Å². The summed E-state index contributed by atoms with van der Waals surface area (Å²) in [5, 5.41) is 2.39. The molecule has 0 atom stereocenters. The number of fused-ring (bicyclic) bond motifs is 2. The van der Waals surface area contributed by atoms with E-state index >= 15 is 0 Å². The zero-order valence-electron chi connectivity index (χ0n) is 8.54. The molecule has 0 spiro atoms. The van der Waals surface area contributed by atoms with E-state index in [9.17, 15) is 4.79 Å². The van der Waals surface area contributed by atoms with Crippen LogP contribution in [-0.4, -0.2) is 0 Å². The van der Waals surface area contributed by atoms with E-state index in [1.54, 1.807) is 18.2 Å². The van der Waals surface area contributed by atoms with Gasteiger partial charge in [0.05, 0.1) is 10.4 Å². The molecule has 17 heavy (non-hydrogen) atoms. The summed E-state index contributed by atoms with van der Waals surface area (Å²) in [5.74, 6) is 0. The minimum Gasteiger partial charge on any atom is -0.288 e. The van der Waals surface area contributed by atoms with Gasteiger partial charge in [-0.1, -0.05) is 29.3 Å². The average Bonchev–Trinajstić information content (AvgIpc) is 2.28. The van der Waals surface area contributed by atoms with Crippen LogP contribution in [0, 0.1) is 0 Å². The highest BCUT2D eigenvalue weighted by molar-refractivity contribution is 7.24. The van der Waals surface area contributed by atoms with Gasteiger partial charge in [-0.25, -0.2) is 0 Å². The maximum atomic E-state index is 12.3. The smallest absolute Gasteiger partial charge is 0.197 e. The van der Waals surface area contributed by atoms with Gasteiger partial charge in [0.25, 0.3) is 0 Å². The van der Waals surface area contributed by atoms with Gasteiger partial charge in [0.1, 0.15) is 0 Å². The first-order valence-electron chi connectivity index (χ1n) is 4.97. The summed E-state index contributed by atoms with van der Waals surface area (Å²) in [6, 6.07) is 10.8. The molecule has 0 unspecified atom stereocenters. The fraction of sp³-hybridized carbons (Fsp3) is 0. The molecule has 84 valence electrons. The molecule has 0 aliphatic rings. The molecule has 1 aromatic heterocycles. The van der Waals surface area contributed by atoms with Gasteiger partial charge in [0.2, 0.25) is 0 Å². The Morgan fingerprint density at radius 2 is 1.82 bits per heavy atom. The number of benzene rings is 2. The van der Waals surface area contributed by atoms with Crippen LogP contribution in [0.4, 0.5) is 0 Å². The van der Waals surface area contributed by atoms with E-state index < -0.39 is 0 Å². The Bertz CT molecular complexity index is 792. The average molecular weight is 281 g/mol. The van der Waals surface area contributed by atoms with E-state index in [0.29, 0.717) is 20.8 Å². The molecular weight excluding hydrogens is 275 g/mol. The van der Waals surface area contributed by atoms with Crippen molar-refractivity contribution >= 4 is 54.7 Å². The summed E-state index contributed by atoms with van der Waals surface area (Å²) in [6.45, 7) is 0. The maximum Gasteiger partial charge on any atom is 0.197 e. The fourth-order valence-corrected chi connectivity index (χ4v) is 3.53. The van der Waals surface area contributed by atoms with Crippen molar-refractivity contribution in [3.63, 3.8) is 0 Å². The Balaban J connectivity index is 2.62. The van der Waals surface area contributed by atoms with Crippen LogP contribution in [0.2, 0.25) is 10.0 Å². The number of hydrogen-bond donors (Lipinski definition) is 0. The third-order valence-corrected chi connectivity index (χ3v) is 4.28. The minimum atomic E-state index is -0.0315. The summed E-state index contributed by atoms with van der Waals surface area (Å²) in [7, 11) is 0. The second kappa shape index (κ2) is 3.98. The van der Waals surface area contributed by atoms with E-state index in [-0.39, 0.29) is 5.43 Å². The lowest BCUT2D eigenvalue weighted by Crippen LogP contribution is -2.01. The van der Waals surface area contributed by atoms with E-state index in [4.69, 9.17) is 23.2 Å². The number of rotatable bonds is 0. The van der Waals surface area contributed by atoms with E-state index in [2.05, 4.69) is 0 Å². The first-order chi connectivity index (χ1) is 8.16. The molecule has 0 radical (unpaired) electrons. The largest absolute Gasteiger partial charge is 0.288 e. The Hall–Kier alpha value is -1.09. The lowest BCUT2D eigenvalue weighted by Gasteiger charge is -2.02. The maximum absolute atomic E-state index is 12.3. The predicted octanol–water partition coefficient (Wildman–Crippen LogP) is 4.72. The lowest BCUT2D eigenvalue weighted by molar-refractivity contribution is 1.74. The SMILES string of the molecule is O=c1c2ccc(Cl)cc2sc2cccc(Cl)c12. The van der Waals surface area contributed by atoms with Gasteiger partial charge in [-0.2, -0.15) is 0 Å². The van der Waals surface area contributed by atoms with Crippen LogP contribution in [0.5, 0.6) is 0 Å². The van der Waals surface area contributed by atoms with Crippen molar-refractivity contribution in [1.29, 1.82) is 0 Å². The van der Waals surface area contributed by atoms with Gasteiger partial charge in [-0.3, -0.25) is 4.79 Å². The van der Waals surface area contributed by atoms with Crippen molar-refractivity contribution in [3.05, 3.63) is 56.7 Å². The molecular formula is C13H6Cl2OS. The zero-order valence-corrected chi connectivity index (χ0v) is 10.9. The summed E-state index contributed by atoms with van der Waals surface area (Å²) < 4.78 is 1.77. The molecule has 2 aromatic carbocycles. The second-order valence-electron chi connectivity index (χ2n) is 3.68. The molecule has 0 N–H and O–H groups in total. The van der Waals surface area contributed by atoms with Gasteiger partial charge < -0.3 is 0 Å². The summed E-state index contributed by atoms with van der Waals surface area (Å²) in [5.41, 5.74) is -0.0315. The fourth-order valence-electron chi connectivity index (χ4n) is 1.83. The van der Waals surface area contributed by atoms with Crippen LogP contribution in [-0.2, 0) is 0 Å². The minimum absolute atomic E-state index is 0.0315. The van der Waals surface area contributed by atoms with E-state index in [0.717, 1.165) is 9.40 Å². The Morgan fingerprint density at radius 1 is 1.00 bits per heavy atom. The van der Waals surface area contributed by atoms with Crippen molar-refractivity contribution in [2.45, 2.75) is 0 Å². The van der Waals surface area contributed by atoms with Crippen molar-refractivity contribution in [1.82, 2.24) is 0 Å². The topological polar surface area (TPSA) is 17.1 Å². The van der Waals surface area contributed by atoms with Crippen LogP contribution >= 0.6 is 34.5 Å². The highest BCUT2D eigenvalue weighted by Gasteiger charge is 2.08. The normalized spacial score (nSPS) is 11.2. The highest BCUT2D eigenvalue weighted by atomic mass is 35.5. The van der Waals surface area contributed by atoms with Crippen LogP contribution in [0.3, 0.4) is 0 Å². The molecule has 0 aliphatic heterocycles.